The van der Waals surface area contributed by atoms with Gasteiger partial charge in [0.15, 0.2) is 5.72 Å². The summed E-state index contributed by atoms with van der Waals surface area (Å²) >= 11 is 0. The van der Waals surface area contributed by atoms with Gasteiger partial charge < -0.3 is 25.0 Å². The Morgan fingerprint density at radius 1 is 1.02 bits per heavy atom. The molecule has 4 aliphatic rings. The fourth-order valence-electron chi connectivity index (χ4n) is 8.76. The third kappa shape index (κ3) is 6.92. The fourth-order valence-corrected chi connectivity index (χ4v) is 8.76. The number of hydrogen-bond acceptors (Lipinski definition) is 6. The lowest BCUT2D eigenvalue weighted by Crippen LogP contribution is -2.50. The number of benzene rings is 1. The van der Waals surface area contributed by atoms with Crippen molar-refractivity contribution in [3.63, 3.8) is 0 Å². The standard InChI is InChI=1S/C37H51FN4O6/c1-36(2,3)48-35(46)40-28(21-38)23-11-13-24(14-12-23)33(44)41-18-17-27(22-9-7-6-8-10-22)31(41)32(43)39-26-15-16-29-25(19-26)20-30-34(45)47-37(4,5)42(29)30/h15-16,19-20,22-24,27-28,31H,6-14,17-18,21H2,1-5H3,(H,39,43)(H,40,46)/t23?,24?,27-,28+,31-/m0/s1. The molecule has 2 saturated carbocycles. The van der Waals surface area contributed by atoms with Gasteiger partial charge in [-0.15, -0.1) is 0 Å². The minimum atomic E-state index is -0.794. The highest BCUT2D eigenvalue weighted by molar-refractivity contribution is 6.02. The number of anilines is 1. The van der Waals surface area contributed by atoms with E-state index < -0.39 is 36.2 Å². The number of carbonyl (C=O) groups excluding carboxylic acids is 4. The van der Waals surface area contributed by atoms with Gasteiger partial charge in [0.2, 0.25) is 11.8 Å². The van der Waals surface area contributed by atoms with E-state index in [4.69, 9.17) is 9.47 Å². The highest BCUT2D eigenvalue weighted by Crippen LogP contribution is 2.42. The molecule has 1 aromatic heterocycles. The van der Waals surface area contributed by atoms with Crippen molar-refractivity contribution in [1.29, 1.82) is 0 Å². The molecule has 0 radical (unpaired) electrons. The second kappa shape index (κ2) is 13.3. The predicted octanol–water partition coefficient (Wildman–Crippen LogP) is 6.91. The van der Waals surface area contributed by atoms with Gasteiger partial charge in [-0.1, -0.05) is 32.1 Å². The number of nitrogens with zero attached hydrogens (tertiary/aromatic N) is 2. The number of cyclic esters (lactones) is 1. The highest BCUT2D eigenvalue weighted by Gasteiger charge is 2.47. The molecule has 2 aliphatic heterocycles. The van der Waals surface area contributed by atoms with Crippen LogP contribution >= 0.6 is 0 Å². The van der Waals surface area contributed by atoms with Crippen LogP contribution in [0.4, 0.5) is 14.9 Å². The van der Waals surface area contributed by atoms with Crippen LogP contribution in [-0.4, -0.2) is 64.2 Å². The largest absolute Gasteiger partial charge is 0.444 e. The van der Waals surface area contributed by atoms with Crippen LogP contribution in [0, 0.1) is 23.7 Å². The number of alkyl halides is 1. The minimum absolute atomic E-state index is 0.00358. The van der Waals surface area contributed by atoms with E-state index in [1.165, 1.54) is 6.42 Å². The molecule has 1 saturated heterocycles. The molecule has 0 unspecified atom stereocenters. The summed E-state index contributed by atoms with van der Waals surface area (Å²) in [6.45, 7) is 8.85. The van der Waals surface area contributed by atoms with Crippen molar-refractivity contribution in [3.8, 4) is 0 Å². The Hall–Kier alpha value is -3.63. The van der Waals surface area contributed by atoms with E-state index in [-0.39, 0.29) is 35.5 Å². The molecular weight excluding hydrogens is 615 g/mol. The number of ether oxygens (including phenoxy) is 2. The summed E-state index contributed by atoms with van der Waals surface area (Å²) in [5, 5.41) is 6.67. The summed E-state index contributed by atoms with van der Waals surface area (Å²) in [5.74, 6) is -0.372. The number of rotatable bonds is 7. The molecule has 3 atom stereocenters. The quantitative estimate of drug-likeness (QED) is 0.310. The van der Waals surface area contributed by atoms with Crippen molar-refractivity contribution in [3.05, 3.63) is 30.0 Å². The van der Waals surface area contributed by atoms with Crippen molar-refractivity contribution >= 4 is 40.5 Å². The van der Waals surface area contributed by atoms with Gasteiger partial charge in [-0.25, -0.2) is 14.0 Å². The average molecular weight is 667 g/mol. The van der Waals surface area contributed by atoms with E-state index in [1.807, 2.05) is 41.5 Å². The second-order valence-electron chi connectivity index (χ2n) is 15.8. The van der Waals surface area contributed by atoms with Gasteiger partial charge in [0, 0.05) is 23.5 Å². The van der Waals surface area contributed by atoms with Crippen LogP contribution in [0.3, 0.4) is 0 Å². The highest BCUT2D eigenvalue weighted by atomic mass is 19.1. The van der Waals surface area contributed by atoms with E-state index in [0.29, 0.717) is 49.5 Å². The third-order valence-electron chi connectivity index (χ3n) is 11.0. The number of carbonyl (C=O) groups is 4. The molecule has 0 spiro atoms. The molecule has 2 aliphatic carbocycles. The number of nitrogens with one attached hydrogen (secondary N) is 2. The van der Waals surface area contributed by atoms with Crippen LogP contribution in [0.15, 0.2) is 24.3 Å². The lowest BCUT2D eigenvalue weighted by molar-refractivity contribution is -0.142. The van der Waals surface area contributed by atoms with Crippen molar-refractivity contribution in [2.45, 2.75) is 122 Å². The first-order chi connectivity index (χ1) is 22.8. The van der Waals surface area contributed by atoms with Crippen LogP contribution in [0.1, 0.15) is 109 Å². The van der Waals surface area contributed by atoms with Crippen LogP contribution < -0.4 is 10.6 Å². The second-order valence-corrected chi connectivity index (χ2v) is 15.8. The number of fused-ring (bicyclic) bond motifs is 3. The Morgan fingerprint density at radius 2 is 1.73 bits per heavy atom. The van der Waals surface area contributed by atoms with Crippen LogP contribution in [0.5, 0.6) is 0 Å². The number of amides is 3. The number of esters is 1. The first-order valence-corrected chi connectivity index (χ1v) is 17.8. The number of likely N-dealkylation sites (tertiary alicyclic amines) is 1. The average Bonchev–Trinajstić information content (AvgIpc) is 3.71. The lowest BCUT2D eigenvalue weighted by atomic mass is 9.76. The topological polar surface area (TPSA) is 119 Å². The zero-order valence-corrected chi connectivity index (χ0v) is 29.0. The first-order valence-electron chi connectivity index (χ1n) is 17.8. The molecule has 1 aromatic carbocycles. The maximum atomic E-state index is 14.2. The predicted molar refractivity (Wildman–Crippen MR) is 180 cm³/mol. The molecule has 10 nitrogen and oxygen atoms in total. The molecule has 0 bridgehead atoms. The number of aromatic nitrogens is 1. The first kappa shape index (κ1) is 34.2. The Bertz CT molecular complexity index is 1550. The molecule has 2 aromatic rings. The summed E-state index contributed by atoms with van der Waals surface area (Å²) in [5.41, 5.74) is 0.489. The molecular formula is C37H51FN4O6. The zero-order chi connectivity index (χ0) is 34.4. The maximum absolute atomic E-state index is 14.2. The van der Waals surface area contributed by atoms with E-state index in [0.717, 1.165) is 43.0 Å². The third-order valence-corrected chi connectivity index (χ3v) is 11.0. The number of hydrogen-bond donors (Lipinski definition) is 2. The SMILES string of the molecule is CC(C)(C)OC(=O)N[C@H](CF)C1CCC(C(=O)N2CC[C@@H](C3CCCCC3)[C@H]2C(=O)Nc2ccc3c(c2)cc2n3C(C)(C)OC2=O)CC1. The van der Waals surface area contributed by atoms with Crippen LogP contribution in [0.25, 0.3) is 10.9 Å². The molecule has 2 N–H and O–H groups in total. The van der Waals surface area contributed by atoms with Gasteiger partial charge in [-0.05, 0) is 109 Å². The molecule has 3 heterocycles. The van der Waals surface area contributed by atoms with Gasteiger partial charge in [-0.2, -0.15) is 0 Å². The summed E-state index contributed by atoms with van der Waals surface area (Å²) in [7, 11) is 0. The number of alkyl carbamates (subject to hydrolysis) is 1. The Labute approximate surface area is 282 Å². The monoisotopic (exact) mass is 666 g/mol. The van der Waals surface area contributed by atoms with Gasteiger partial charge in [0.25, 0.3) is 0 Å². The van der Waals surface area contributed by atoms with Gasteiger partial charge >= 0.3 is 12.1 Å². The number of halogens is 1. The normalized spacial score (nSPS) is 26.5. The molecule has 6 rings (SSSR count). The molecule has 3 amide bonds. The Morgan fingerprint density at radius 3 is 2.40 bits per heavy atom. The van der Waals surface area contributed by atoms with Gasteiger partial charge in [0.1, 0.15) is 24.0 Å². The summed E-state index contributed by atoms with van der Waals surface area (Å²) in [4.78, 5) is 55.0. The molecule has 3 fully saturated rings. The Kier molecular flexibility index (Phi) is 9.52. The van der Waals surface area contributed by atoms with Crippen LogP contribution in [0.2, 0.25) is 0 Å². The van der Waals surface area contributed by atoms with E-state index in [2.05, 4.69) is 10.6 Å². The minimum Gasteiger partial charge on any atom is -0.444 e. The summed E-state index contributed by atoms with van der Waals surface area (Å²) in [6.07, 6.45) is 8.23. The summed E-state index contributed by atoms with van der Waals surface area (Å²) < 4.78 is 26.8. The van der Waals surface area contributed by atoms with E-state index in [9.17, 15) is 23.6 Å². The van der Waals surface area contributed by atoms with Gasteiger partial charge in [-0.3, -0.25) is 14.2 Å². The zero-order valence-electron chi connectivity index (χ0n) is 29.0. The van der Waals surface area contributed by atoms with Crippen molar-refractivity contribution in [2.75, 3.05) is 18.5 Å². The molecule has 48 heavy (non-hydrogen) atoms. The molecule has 11 heteroatoms. The van der Waals surface area contributed by atoms with E-state index >= 15 is 0 Å². The fraction of sp³-hybridized carbons (Fsp3) is 0.676. The molecule has 262 valence electrons. The van der Waals surface area contributed by atoms with Crippen LogP contribution in [-0.2, 0) is 24.8 Å². The smallest absolute Gasteiger partial charge is 0.407 e. The Balaban J connectivity index is 1.16. The van der Waals surface area contributed by atoms with Gasteiger partial charge in [0.05, 0.1) is 11.6 Å². The van der Waals surface area contributed by atoms with Crippen molar-refractivity contribution in [2.24, 2.45) is 23.7 Å². The summed E-state index contributed by atoms with van der Waals surface area (Å²) in [6, 6.07) is 6.20. The van der Waals surface area contributed by atoms with Crippen molar-refractivity contribution in [1.82, 2.24) is 14.8 Å². The lowest BCUT2D eigenvalue weighted by Gasteiger charge is -2.37. The van der Waals surface area contributed by atoms with Crippen molar-refractivity contribution < 1.29 is 33.0 Å². The van der Waals surface area contributed by atoms with E-state index in [1.54, 1.807) is 26.8 Å². The maximum Gasteiger partial charge on any atom is 0.407 e.